The quantitative estimate of drug-likeness (QED) is 0.418. The van der Waals surface area contributed by atoms with Crippen molar-refractivity contribution in [1.29, 1.82) is 0 Å². The molecule has 1 aromatic carbocycles. The number of Topliss-reactive ketones (excluding diaryl/α,β-unsaturated/α-hetero) is 1. The average Bonchev–Trinajstić information content (AvgIpc) is 3.31. The van der Waals surface area contributed by atoms with E-state index < -0.39 is 11.2 Å². The summed E-state index contributed by atoms with van der Waals surface area (Å²) in [6, 6.07) is 8.90. The molecule has 142 valence electrons. The Kier molecular flexibility index (Phi) is 4.23. The molecule has 0 unspecified atom stereocenters. The molecular weight excluding hydrogens is 378 g/mol. The van der Waals surface area contributed by atoms with Gasteiger partial charge in [-0.1, -0.05) is 35.1 Å². The van der Waals surface area contributed by atoms with Gasteiger partial charge < -0.3 is 5.84 Å². The number of fused-ring (bicyclic) bond motifs is 1. The number of rotatable bonds is 4. The molecule has 3 heterocycles. The number of hydrogen-bond acceptors (Lipinski definition) is 6. The van der Waals surface area contributed by atoms with Crippen molar-refractivity contribution in [3.8, 4) is 5.00 Å². The summed E-state index contributed by atoms with van der Waals surface area (Å²) in [5, 5.41) is 5.21. The molecule has 0 saturated carbocycles. The number of benzene rings is 1. The largest absolute Gasteiger partial charge is 0.351 e. The minimum atomic E-state index is -0.730. The molecule has 8 nitrogen and oxygen atoms in total. The van der Waals surface area contributed by atoms with E-state index in [0.717, 1.165) is 5.56 Å². The van der Waals surface area contributed by atoms with Crippen LogP contribution >= 0.6 is 11.3 Å². The molecule has 0 spiro atoms. The van der Waals surface area contributed by atoms with Crippen molar-refractivity contribution in [2.24, 2.45) is 0 Å². The maximum absolute atomic E-state index is 12.8. The number of carbonyl (C=O) groups excluding carboxylic acids is 1. The van der Waals surface area contributed by atoms with E-state index in [9.17, 15) is 14.4 Å². The molecule has 0 aliphatic carbocycles. The fourth-order valence-electron chi connectivity index (χ4n) is 3.15. The van der Waals surface area contributed by atoms with Crippen molar-refractivity contribution in [1.82, 2.24) is 19.0 Å². The zero-order valence-electron chi connectivity index (χ0n) is 15.2. The van der Waals surface area contributed by atoms with E-state index >= 15 is 0 Å². The Morgan fingerprint density at radius 1 is 1.21 bits per heavy atom. The first kappa shape index (κ1) is 17.9. The fraction of sp³-hybridized carbons (Fsp3) is 0.158. The van der Waals surface area contributed by atoms with Crippen LogP contribution in [-0.4, -0.2) is 24.8 Å². The third-order valence-corrected chi connectivity index (χ3v) is 5.88. The minimum Gasteiger partial charge on any atom is -0.332 e. The molecule has 2 N–H and O–H groups in total. The predicted octanol–water partition coefficient (Wildman–Crippen LogP) is 1.62. The maximum Gasteiger partial charge on any atom is 0.351 e. The summed E-state index contributed by atoms with van der Waals surface area (Å²) in [4.78, 5) is 38.5. The van der Waals surface area contributed by atoms with Crippen molar-refractivity contribution in [3.05, 3.63) is 80.3 Å². The monoisotopic (exact) mass is 395 g/mol. The molecule has 0 bridgehead atoms. The summed E-state index contributed by atoms with van der Waals surface area (Å²) in [5.41, 5.74) is 0.776. The molecule has 0 amide bonds. The van der Waals surface area contributed by atoms with Gasteiger partial charge in [0.2, 0.25) is 0 Å². The molecule has 0 radical (unpaired) electrons. The molecule has 9 heteroatoms. The van der Waals surface area contributed by atoms with Crippen molar-refractivity contribution >= 4 is 27.3 Å². The molecular formula is C19H17N5O3S. The van der Waals surface area contributed by atoms with E-state index in [0.29, 0.717) is 31.0 Å². The Bertz CT molecular complexity index is 1330. The number of ketones is 1. The molecule has 0 aliphatic rings. The number of aromatic nitrogens is 4. The highest BCUT2D eigenvalue weighted by Crippen LogP contribution is 2.30. The fourth-order valence-corrected chi connectivity index (χ4v) is 4.39. The number of aryl methyl sites for hydroxylation is 2. The summed E-state index contributed by atoms with van der Waals surface area (Å²) >= 11 is 1.23. The highest BCUT2D eigenvalue weighted by Gasteiger charge is 2.21. The number of nitrogens with two attached hydrogens (primary N) is 1. The molecule has 0 aliphatic heterocycles. The van der Waals surface area contributed by atoms with Crippen LogP contribution < -0.4 is 17.1 Å². The summed E-state index contributed by atoms with van der Waals surface area (Å²) in [7, 11) is 0. The van der Waals surface area contributed by atoms with Crippen LogP contribution in [0.2, 0.25) is 0 Å². The molecule has 3 aromatic heterocycles. The first-order valence-corrected chi connectivity index (χ1v) is 9.34. The Hall–Kier alpha value is -3.46. The van der Waals surface area contributed by atoms with Crippen LogP contribution in [0.4, 0.5) is 0 Å². The van der Waals surface area contributed by atoms with E-state index in [4.69, 9.17) is 5.84 Å². The number of nitrogen functional groups attached to an aromatic ring is 1. The van der Waals surface area contributed by atoms with Crippen LogP contribution in [0, 0.1) is 13.8 Å². The lowest BCUT2D eigenvalue weighted by Crippen LogP contribution is -2.45. The normalized spacial score (nSPS) is 11.2. The van der Waals surface area contributed by atoms with E-state index in [1.807, 2.05) is 13.0 Å². The molecule has 4 aromatic rings. The van der Waals surface area contributed by atoms with Gasteiger partial charge in [-0.25, -0.2) is 9.48 Å². The zero-order valence-corrected chi connectivity index (χ0v) is 16.1. The lowest BCUT2D eigenvalue weighted by Gasteiger charge is -2.09. The van der Waals surface area contributed by atoms with Gasteiger partial charge in [0.1, 0.15) is 9.83 Å². The van der Waals surface area contributed by atoms with Gasteiger partial charge in [-0.2, -0.15) is 9.77 Å². The number of hydrogen-bond donors (Lipinski definition) is 1. The molecule has 0 fully saturated rings. The lowest BCUT2D eigenvalue weighted by atomic mass is 10.1. The third-order valence-electron chi connectivity index (χ3n) is 4.57. The first-order valence-electron chi connectivity index (χ1n) is 8.52. The summed E-state index contributed by atoms with van der Waals surface area (Å²) in [6.07, 6.45) is 3.37. The van der Waals surface area contributed by atoms with Gasteiger partial charge in [0.05, 0.1) is 11.9 Å². The van der Waals surface area contributed by atoms with Gasteiger partial charge >= 0.3 is 5.69 Å². The Morgan fingerprint density at radius 2 is 2.00 bits per heavy atom. The second-order valence-corrected chi connectivity index (χ2v) is 7.48. The second kappa shape index (κ2) is 6.61. The minimum absolute atomic E-state index is 0.214. The molecule has 4 rings (SSSR count). The number of nitrogens with zero attached hydrogens (tertiary/aromatic N) is 4. The Labute approximate surface area is 163 Å². The number of carbonyl (C=O) groups is 1. The highest BCUT2D eigenvalue weighted by molar-refractivity contribution is 7.21. The predicted molar refractivity (Wildman–Crippen MR) is 108 cm³/mol. The van der Waals surface area contributed by atoms with Crippen molar-refractivity contribution in [3.63, 3.8) is 0 Å². The first-order chi connectivity index (χ1) is 13.4. The summed E-state index contributed by atoms with van der Waals surface area (Å²) in [6.45, 7) is 3.45. The van der Waals surface area contributed by atoms with Gasteiger partial charge in [-0.05, 0) is 26.0 Å². The van der Waals surface area contributed by atoms with Gasteiger partial charge in [0.15, 0.2) is 5.78 Å². The Morgan fingerprint density at radius 3 is 2.68 bits per heavy atom. The topological polar surface area (TPSA) is 105 Å². The van der Waals surface area contributed by atoms with Crippen LogP contribution in [0.25, 0.3) is 15.2 Å². The standard InChI is InChI=1S/C19H17N5O3S/c1-11-5-3-6-13(9-11)14(25)10-22-18-15(16(26)24(20)19(22)27)12(2)17(28-18)23-8-4-7-21-23/h3-9H,10,20H2,1-2H3. The SMILES string of the molecule is Cc1cccc(C(=O)Cn2c(=O)n(N)c(=O)c3c(C)c(-n4cccn4)sc32)c1. The highest BCUT2D eigenvalue weighted by atomic mass is 32.1. The van der Waals surface area contributed by atoms with E-state index in [1.165, 1.54) is 15.9 Å². The maximum atomic E-state index is 12.8. The molecule has 0 atom stereocenters. The van der Waals surface area contributed by atoms with Crippen LogP contribution in [-0.2, 0) is 6.54 Å². The van der Waals surface area contributed by atoms with E-state index in [1.54, 1.807) is 48.3 Å². The lowest BCUT2D eigenvalue weighted by molar-refractivity contribution is 0.0971. The van der Waals surface area contributed by atoms with Gasteiger partial charge in [0, 0.05) is 23.5 Å². The van der Waals surface area contributed by atoms with Gasteiger partial charge in [0.25, 0.3) is 5.56 Å². The van der Waals surface area contributed by atoms with Crippen molar-refractivity contribution in [2.45, 2.75) is 20.4 Å². The Balaban J connectivity index is 1.93. The zero-order chi connectivity index (χ0) is 20.0. The van der Waals surface area contributed by atoms with Crippen LogP contribution in [0.3, 0.4) is 0 Å². The van der Waals surface area contributed by atoms with Crippen LogP contribution in [0.5, 0.6) is 0 Å². The number of thiophene rings is 1. The smallest absolute Gasteiger partial charge is 0.332 e. The average molecular weight is 395 g/mol. The van der Waals surface area contributed by atoms with Crippen molar-refractivity contribution in [2.75, 3.05) is 5.84 Å². The summed E-state index contributed by atoms with van der Waals surface area (Å²) < 4.78 is 3.43. The van der Waals surface area contributed by atoms with Crippen molar-refractivity contribution < 1.29 is 4.79 Å². The van der Waals surface area contributed by atoms with E-state index in [2.05, 4.69) is 5.10 Å². The van der Waals surface area contributed by atoms with Gasteiger partial charge in [-0.15, -0.1) is 0 Å². The van der Waals surface area contributed by atoms with E-state index in [-0.39, 0.29) is 12.3 Å². The third kappa shape index (κ3) is 2.76. The van der Waals surface area contributed by atoms with Crippen LogP contribution in [0.15, 0.2) is 52.3 Å². The molecule has 28 heavy (non-hydrogen) atoms. The molecule has 0 saturated heterocycles. The van der Waals surface area contributed by atoms with Gasteiger partial charge in [-0.3, -0.25) is 14.2 Å². The van der Waals surface area contributed by atoms with Crippen LogP contribution in [0.1, 0.15) is 21.5 Å². The second-order valence-electron chi connectivity index (χ2n) is 6.50. The summed E-state index contributed by atoms with van der Waals surface area (Å²) in [5.74, 6) is 5.49.